The molecule has 70 valence electrons. The molecule has 0 fully saturated rings. The van der Waals surface area contributed by atoms with Gasteiger partial charge < -0.3 is 10.8 Å². The Morgan fingerprint density at radius 1 is 1.46 bits per heavy atom. The van der Waals surface area contributed by atoms with Gasteiger partial charge in [-0.25, -0.2) is 0 Å². The first kappa shape index (κ1) is 9.81. The van der Waals surface area contributed by atoms with Gasteiger partial charge in [0.15, 0.2) is 0 Å². The second kappa shape index (κ2) is 4.67. The molecule has 0 atom stereocenters. The van der Waals surface area contributed by atoms with Crippen LogP contribution >= 0.6 is 0 Å². The van der Waals surface area contributed by atoms with E-state index >= 15 is 0 Å². The van der Waals surface area contributed by atoms with Crippen molar-refractivity contribution in [2.75, 3.05) is 12.3 Å². The zero-order chi connectivity index (χ0) is 9.68. The van der Waals surface area contributed by atoms with E-state index in [4.69, 9.17) is 10.8 Å². The molecular formula is C11H15NO. The van der Waals surface area contributed by atoms with Crippen molar-refractivity contribution in [3.8, 4) is 0 Å². The second-order valence-electron chi connectivity index (χ2n) is 2.90. The van der Waals surface area contributed by atoms with Gasteiger partial charge in [0.2, 0.25) is 0 Å². The van der Waals surface area contributed by atoms with Crippen molar-refractivity contribution in [3.05, 3.63) is 35.4 Å². The van der Waals surface area contributed by atoms with Crippen LogP contribution < -0.4 is 5.73 Å². The molecule has 0 radical (unpaired) electrons. The number of aryl methyl sites for hydroxylation is 1. The van der Waals surface area contributed by atoms with E-state index in [2.05, 4.69) is 6.92 Å². The third-order valence-corrected chi connectivity index (χ3v) is 1.96. The summed E-state index contributed by atoms with van der Waals surface area (Å²) in [6, 6.07) is 5.96. The highest BCUT2D eigenvalue weighted by Crippen LogP contribution is 2.15. The number of aliphatic hydroxyl groups is 1. The first-order valence-corrected chi connectivity index (χ1v) is 4.43. The Labute approximate surface area is 78.7 Å². The highest BCUT2D eigenvalue weighted by Gasteiger charge is 1.95. The third-order valence-electron chi connectivity index (χ3n) is 1.96. The van der Waals surface area contributed by atoms with Gasteiger partial charge in [-0.3, -0.25) is 0 Å². The number of hydrogen-bond donors (Lipinski definition) is 2. The van der Waals surface area contributed by atoms with Crippen molar-refractivity contribution in [2.45, 2.75) is 13.3 Å². The van der Waals surface area contributed by atoms with Gasteiger partial charge in [0.25, 0.3) is 0 Å². The molecule has 1 aromatic carbocycles. The summed E-state index contributed by atoms with van der Waals surface area (Å²) < 4.78 is 0. The molecule has 0 aliphatic heterocycles. The van der Waals surface area contributed by atoms with Gasteiger partial charge in [-0.1, -0.05) is 25.1 Å². The van der Waals surface area contributed by atoms with Gasteiger partial charge in [0.05, 0.1) is 6.61 Å². The SMILES string of the molecule is CCc1ccc(N)c(C=CCO)c1. The summed E-state index contributed by atoms with van der Waals surface area (Å²) in [6.45, 7) is 2.15. The van der Waals surface area contributed by atoms with Crippen LogP contribution in [0.2, 0.25) is 0 Å². The highest BCUT2D eigenvalue weighted by molar-refractivity contribution is 5.65. The number of anilines is 1. The van der Waals surface area contributed by atoms with Crippen LogP contribution in [-0.4, -0.2) is 11.7 Å². The fourth-order valence-electron chi connectivity index (χ4n) is 1.17. The van der Waals surface area contributed by atoms with Crippen LogP contribution in [0.5, 0.6) is 0 Å². The van der Waals surface area contributed by atoms with Crippen molar-refractivity contribution in [1.29, 1.82) is 0 Å². The zero-order valence-electron chi connectivity index (χ0n) is 7.83. The summed E-state index contributed by atoms with van der Waals surface area (Å²) in [4.78, 5) is 0. The van der Waals surface area contributed by atoms with E-state index in [1.54, 1.807) is 6.08 Å². The topological polar surface area (TPSA) is 46.2 Å². The van der Waals surface area contributed by atoms with Crippen LogP contribution in [0, 0.1) is 0 Å². The summed E-state index contributed by atoms with van der Waals surface area (Å²) in [5, 5.41) is 8.62. The van der Waals surface area contributed by atoms with Crippen molar-refractivity contribution in [2.24, 2.45) is 0 Å². The number of nitrogens with two attached hydrogens (primary N) is 1. The molecule has 0 aromatic heterocycles. The molecule has 0 aliphatic carbocycles. The van der Waals surface area contributed by atoms with Gasteiger partial charge in [0, 0.05) is 5.69 Å². The molecule has 0 bridgehead atoms. The third kappa shape index (κ3) is 2.60. The predicted molar refractivity (Wildman–Crippen MR) is 56.4 cm³/mol. The Bertz CT molecular complexity index is 305. The van der Waals surface area contributed by atoms with Gasteiger partial charge in [-0.15, -0.1) is 0 Å². The van der Waals surface area contributed by atoms with Gasteiger partial charge >= 0.3 is 0 Å². The lowest BCUT2D eigenvalue weighted by Gasteiger charge is -2.02. The van der Waals surface area contributed by atoms with Crippen molar-refractivity contribution in [3.63, 3.8) is 0 Å². The lowest BCUT2D eigenvalue weighted by Crippen LogP contribution is -1.91. The maximum Gasteiger partial charge on any atom is 0.0615 e. The largest absolute Gasteiger partial charge is 0.398 e. The van der Waals surface area contributed by atoms with Crippen molar-refractivity contribution < 1.29 is 5.11 Å². The fourth-order valence-corrected chi connectivity index (χ4v) is 1.17. The molecule has 3 N–H and O–H groups in total. The summed E-state index contributed by atoms with van der Waals surface area (Å²) in [6.07, 6.45) is 4.53. The quantitative estimate of drug-likeness (QED) is 0.692. The Morgan fingerprint density at radius 2 is 2.23 bits per heavy atom. The van der Waals surface area contributed by atoms with Crippen LogP contribution in [0.1, 0.15) is 18.1 Å². The van der Waals surface area contributed by atoms with E-state index in [0.29, 0.717) is 0 Å². The first-order valence-electron chi connectivity index (χ1n) is 4.43. The summed E-state index contributed by atoms with van der Waals surface area (Å²) >= 11 is 0. The number of nitrogen functional groups attached to an aromatic ring is 1. The standard InChI is InChI=1S/C11H15NO/c1-2-9-5-6-11(12)10(8-9)4-3-7-13/h3-6,8,13H,2,7,12H2,1H3. The van der Waals surface area contributed by atoms with E-state index < -0.39 is 0 Å². The molecule has 0 heterocycles. The molecule has 0 aliphatic rings. The molecule has 1 rings (SSSR count). The average molecular weight is 177 g/mol. The normalized spacial score (nSPS) is 10.9. The Balaban J connectivity index is 2.97. The fraction of sp³-hybridized carbons (Fsp3) is 0.273. The minimum atomic E-state index is 0.0514. The highest BCUT2D eigenvalue weighted by atomic mass is 16.2. The second-order valence-corrected chi connectivity index (χ2v) is 2.90. The summed E-state index contributed by atoms with van der Waals surface area (Å²) in [7, 11) is 0. The molecule has 2 heteroatoms. The lowest BCUT2D eigenvalue weighted by atomic mass is 10.1. The number of rotatable bonds is 3. The molecule has 0 saturated heterocycles. The summed E-state index contributed by atoms with van der Waals surface area (Å²) in [5.74, 6) is 0. The van der Waals surface area contributed by atoms with Crippen LogP contribution in [0.25, 0.3) is 6.08 Å². The maximum absolute atomic E-state index is 8.62. The summed E-state index contributed by atoms with van der Waals surface area (Å²) in [5.41, 5.74) is 8.74. The Morgan fingerprint density at radius 3 is 2.85 bits per heavy atom. The Kier molecular flexibility index (Phi) is 3.53. The number of benzene rings is 1. The van der Waals surface area contributed by atoms with Crippen LogP contribution in [0.3, 0.4) is 0 Å². The van der Waals surface area contributed by atoms with Crippen LogP contribution in [0.15, 0.2) is 24.3 Å². The molecule has 0 spiro atoms. The van der Waals surface area contributed by atoms with E-state index in [0.717, 1.165) is 17.7 Å². The van der Waals surface area contributed by atoms with E-state index in [1.165, 1.54) is 5.56 Å². The smallest absolute Gasteiger partial charge is 0.0615 e. The molecule has 13 heavy (non-hydrogen) atoms. The van der Waals surface area contributed by atoms with E-state index in [-0.39, 0.29) is 6.61 Å². The minimum Gasteiger partial charge on any atom is -0.398 e. The lowest BCUT2D eigenvalue weighted by molar-refractivity contribution is 0.343. The Hall–Kier alpha value is -1.28. The van der Waals surface area contributed by atoms with Crippen LogP contribution in [-0.2, 0) is 6.42 Å². The molecule has 0 amide bonds. The number of aliphatic hydroxyl groups excluding tert-OH is 1. The number of hydrogen-bond acceptors (Lipinski definition) is 2. The molecule has 2 nitrogen and oxygen atoms in total. The van der Waals surface area contributed by atoms with Crippen LogP contribution in [0.4, 0.5) is 5.69 Å². The van der Waals surface area contributed by atoms with E-state index in [9.17, 15) is 0 Å². The maximum atomic E-state index is 8.62. The minimum absolute atomic E-state index is 0.0514. The zero-order valence-corrected chi connectivity index (χ0v) is 7.83. The molecule has 1 aromatic rings. The average Bonchev–Trinajstić information content (AvgIpc) is 2.17. The van der Waals surface area contributed by atoms with Gasteiger partial charge in [0.1, 0.15) is 0 Å². The monoisotopic (exact) mass is 177 g/mol. The molecule has 0 unspecified atom stereocenters. The molecular weight excluding hydrogens is 162 g/mol. The van der Waals surface area contributed by atoms with E-state index in [1.807, 2.05) is 24.3 Å². The predicted octanol–water partition coefficient (Wildman–Crippen LogP) is 1.84. The van der Waals surface area contributed by atoms with Crippen molar-refractivity contribution in [1.82, 2.24) is 0 Å². The molecule has 0 saturated carbocycles. The first-order chi connectivity index (χ1) is 6.27. The van der Waals surface area contributed by atoms with Gasteiger partial charge in [-0.2, -0.15) is 0 Å². The van der Waals surface area contributed by atoms with Crippen molar-refractivity contribution >= 4 is 11.8 Å². The van der Waals surface area contributed by atoms with Gasteiger partial charge in [-0.05, 0) is 29.7 Å².